The Morgan fingerprint density at radius 1 is 1.29 bits per heavy atom. The predicted octanol–water partition coefficient (Wildman–Crippen LogP) is 2.56. The molecule has 2 aromatic rings. The third-order valence-corrected chi connectivity index (χ3v) is 6.33. The molecule has 0 atom stereocenters. The van der Waals surface area contributed by atoms with Crippen molar-refractivity contribution in [2.75, 3.05) is 17.5 Å². The number of sulfonamides is 1. The number of hydrogen-bond donors (Lipinski definition) is 1. The van der Waals surface area contributed by atoms with Gasteiger partial charge in [-0.25, -0.2) is 13.2 Å². The van der Waals surface area contributed by atoms with Gasteiger partial charge in [0.05, 0.1) is 12.3 Å². The van der Waals surface area contributed by atoms with Gasteiger partial charge in [0.15, 0.2) is 0 Å². The molecule has 6 nitrogen and oxygen atoms in total. The Hall–Kier alpha value is -2.28. The number of rotatable bonds is 4. The van der Waals surface area contributed by atoms with Crippen LogP contribution in [0.5, 0.6) is 0 Å². The van der Waals surface area contributed by atoms with Crippen LogP contribution in [0, 0.1) is 13.8 Å². The number of ether oxygens (including phenoxy) is 1. The van der Waals surface area contributed by atoms with Crippen LogP contribution in [0.1, 0.15) is 34.2 Å². The molecule has 0 saturated heterocycles. The fourth-order valence-electron chi connectivity index (χ4n) is 3.19. The molecule has 1 aliphatic rings. The number of esters is 1. The van der Waals surface area contributed by atoms with Crippen molar-refractivity contribution in [2.24, 2.45) is 0 Å². The summed E-state index contributed by atoms with van der Waals surface area (Å²) >= 11 is 0. The Labute approximate surface area is 141 Å². The number of nitrogens with one attached hydrogen (secondary N) is 1. The number of benzene rings is 1. The predicted molar refractivity (Wildman–Crippen MR) is 90.9 cm³/mol. The second-order valence-electron chi connectivity index (χ2n) is 5.76. The van der Waals surface area contributed by atoms with Gasteiger partial charge in [-0.15, -0.1) is 0 Å². The number of fused-ring (bicyclic) bond motifs is 1. The van der Waals surface area contributed by atoms with Crippen LogP contribution in [0.3, 0.4) is 0 Å². The van der Waals surface area contributed by atoms with E-state index in [9.17, 15) is 13.2 Å². The molecule has 1 N–H and O–H groups in total. The molecule has 0 bridgehead atoms. The molecule has 0 amide bonds. The number of para-hydroxylation sites is 1. The minimum Gasteiger partial charge on any atom is -0.461 e. The van der Waals surface area contributed by atoms with Crippen LogP contribution in [0.25, 0.3) is 0 Å². The van der Waals surface area contributed by atoms with Crippen LogP contribution in [-0.4, -0.2) is 32.5 Å². The molecule has 1 aromatic heterocycles. The van der Waals surface area contributed by atoms with Gasteiger partial charge in [-0.1, -0.05) is 18.2 Å². The van der Waals surface area contributed by atoms with Crippen molar-refractivity contribution in [3.63, 3.8) is 0 Å². The van der Waals surface area contributed by atoms with Gasteiger partial charge in [-0.05, 0) is 38.8 Å². The topological polar surface area (TPSA) is 79.5 Å². The molecule has 7 heteroatoms. The maximum atomic E-state index is 13.2. The standard InChI is InChI=1S/C17H20N2O4S/c1-4-23-17(20)15-11(2)16(12(3)18-15)24(21,22)19-10-9-13-7-5-6-8-14(13)19/h5-8,18H,4,9-10H2,1-3H3. The van der Waals surface area contributed by atoms with Crippen molar-refractivity contribution in [1.82, 2.24) is 4.98 Å². The van der Waals surface area contributed by atoms with Crippen molar-refractivity contribution < 1.29 is 17.9 Å². The molecule has 0 spiro atoms. The SMILES string of the molecule is CCOC(=O)c1[nH]c(C)c(S(=O)(=O)N2CCc3ccccc32)c1C. The molecule has 24 heavy (non-hydrogen) atoms. The Kier molecular flexibility index (Phi) is 4.13. The lowest BCUT2D eigenvalue weighted by molar-refractivity contribution is 0.0519. The molecule has 0 unspecified atom stereocenters. The Morgan fingerprint density at radius 2 is 2.00 bits per heavy atom. The summed E-state index contributed by atoms with van der Waals surface area (Å²) in [5.74, 6) is -0.540. The van der Waals surface area contributed by atoms with Gasteiger partial charge in [0.2, 0.25) is 0 Å². The minimum absolute atomic E-state index is 0.155. The van der Waals surface area contributed by atoms with Crippen LogP contribution in [0.2, 0.25) is 0 Å². The normalized spacial score (nSPS) is 13.9. The van der Waals surface area contributed by atoms with Crippen molar-refractivity contribution in [2.45, 2.75) is 32.1 Å². The number of H-pyrrole nitrogens is 1. The summed E-state index contributed by atoms with van der Waals surface area (Å²) in [4.78, 5) is 15.0. The smallest absolute Gasteiger partial charge is 0.355 e. The van der Waals surface area contributed by atoms with Crippen molar-refractivity contribution >= 4 is 21.7 Å². The van der Waals surface area contributed by atoms with Crippen LogP contribution in [0.15, 0.2) is 29.2 Å². The van der Waals surface area contributed by atoms with Crippen LogP contribution < -0.4 is 4.31 Å². The summed E-state index contributed by atoms with van der Waals surface area (Å²) in [6.45, 7) is 5.63. The molecular formula is C17H20N2O4S. The molecule has 0 saturated carbocycles. The highest BCUT2D eigenvalue weighted by molar-refractivity contribution is 7.93. The largest absolute Gasteiger partial charge is 0.461 e. The molecule has 0 radical (unpaired) electrons. The van der Waals surface area contributed by atoms with Crippen LogP contribution in [-0.2, 0) is 21.2 Å². The van der Waals surface area contributed by atoms with E-state index in [-0.39, 0.29) is 17.2 Å². The highest BCUT2D eigenvalue weighted by Gasteiger charge is 2.35. The summed E-state index contributed by atoms with van der Waals surface area (Å²) in [5.41, 5.74) is 2.75. The molecule has 0 fully saturated rings. The van der Waals surface area contributed by atoms with Crippen molar-refractivity contribution in [1.29, 1.82) is 0 Å². The minimum atomic E-state index is -3.75. The van der Waals surface area contributed by atoms with E-state index in [4.69, 9.17) is 4.74 Å². The first-order valence-corrected chi connectivity index (χ1v) is 9.28. The lowest BCUT2D eigenvalue weighted by Gasteiger charge is -2.20. The number of aromatic amines is 1. The first kappa shape index (κ1) is 16.6. The van der Waals surface area contributed by atoms with E-state index in [2.05, 4.69) is 4.98 Å². The highest BCUT2D eigenvalue weighted by Crippen LogP contribution is 2.35. The van der Waals surface area contributed by atoms with E-state index in [1.54, 1.807) is 20.8 Å². The summed E-state index contributed by atoms with van der Waals surface area (Å²) in [6, 6.07) is 7.48. The zero-order valence-electron chi connectivity index (χ0n) is 13.9. The number of anilines is 1. The highest BCUT2D eigenvalue weighted by atomic mass is 32.2. The number of aromatic nitrogens is 1. The van der Waals surface area contributed by atoms with E-state index >= 15 is 0 Å². The van der Waals surface area contributed by atoms with Gasteiger partial charge in [-0.3, -0.25) is 4.31 Å². The molecule has 3 rings (SSSR count). The van der Waals surface area contributed by atoms with E-state index in [0.29, 0.717) is 29.9 Å². The van der Waals surface area contributed by atoms with Gasteiger partial charge >= 0.3 is 5.97 Å². The summed E-state index contributed by atoms with van der Waals surface area (Å²) in [6.07, 6.45) is 0.683. The number of nitrogens with zero attached hydrogens (tertiary/aromatic N) is 1. The van der Waals surface area contributed by atoms with E-state index in [0.717, 1.165) is 5.56 Å². The van der Waals surface area contributed by atoms with E-state index in [1.165, 1.54) is 4.31 Å². The molecule has 128 valence electrons. The molecule has 0 aliphatic carbocycles. The number of carbonyl (C=O) groups excluding carboxylic acids is 1. The lowest BCUT2D eigenvalue weighted by Crippen LogP contribution is -2.29. The average Bonchev–Trinajstić information content (AvgIpc) is 3.09. The second-order valence-corrected chi connectivity index (χ2v) is 7.55. The molecular weight excluding hydrogens is 328 g/mol. The van der Waals surface area contributed by atoms with Crippen LogP contribution in [0.4, 0.5) is 5.69 Å². The van der Waals surface area contributed by atoms with Crippen LogP contribution >= 0.6 is 0 Å². The molecule has 1 aliphatic heterocycles. The van der Waals surface area contributed by atoms with Crippen molar-refractivity contribution in [3.8, 4) is 0 Å². The maximum absolute atomic E-state index is 13.2. The summed E-state index contributed by atoms with van der Waals surface area (Å²) in [7, 11) is -3.75. The molecule has 2 heterocycles. The van der Waals surface area contributed by atoms with Gasteiger partial charge in [0.25, 0.3) is 10.0 Å². The quantitative estimate of drug-likeness (QED) is 0.861. The summed E-state index contributed by atoms with van der Waals surface area (Å²) < 4.78 is 32.8. The Morgan fingerprint density at radius 3 is 2.71 bits per heavy atom. The average molecular weight is 348 g/mol. The second kappa shape index (κ2) is 5.98. The van der Waals surface area contributed by atoms with Gasteiger partial charge in [0, 0.05) is 17.8 Å². The monoisotopic (exact) mass is 348 g/mol. The third kappa shape index (κ3) is 2.49. The number of aryl methyl sites for hydroxylation is 1. The molecule has 1 aromatic carbocycles. The number of carbonyl (C=O) groups is 1. The zero-order chi connectivity index (χ0) is 17.5. The Bertz CT molecular complexity index is 899. The number of hydrogen-bond acceptors (Lipinski definition) is 4. The fourth-order valence-corrected chi connectivity index (χ4v) is 5.11. The van der Waals surface area contributed by atoms with E-state index < -0.39 is 16.0 Å². The van der Waals surface area contributed by atoms with E-state index in [1.807, 2.05) is 24.3 Å². The van der Waals surface area contributed by atoms with Gasteiger partial charge in [-0.2, -0.15) is 0 Å². The third-order valence-electron chi connectivity index (χ3n) is 4.24. The maximum Gasteiger partial charge on any atom is 0.355 e. The summed E-state index contributed by atoms with van der Waals surface area (Å²) in [5, 5.41) is 0. The zero-order valence-corrected chi connectivity index (χ0v) is 14.7. The van der Waals surface area contributed by atoms with Gasteiger partial charge < -0.3 is 9.72 Å². The van der Waals surface area contributed by atoms with Gasteiger partial charge in [0.1, 0.15) is 10.6 Å². The first-order valence-electron chi connectivity index (χ1n) is 7.84. The first-order chi connectivity index (χ1) is 11.4. The fraction of sp³-hybridized carbons (Fsp3) is 0.353. The Balaban J connectivity index is 2.08. The lowest BCUT2D eigenvalue weighted by atomic mass is 10.2. The van der Waals surface area contributed by atoms with Crippen molar-refractivity contribution in [3.05, 3.63) is 46.8 Å².